The number of carbonyl (C=O) groups excluding carboxylic acids is 2. The molecule has 2 heterocycles. The van der Waals surface area contributed by atoms with Crippen LogP contribution in [0, 0.1) is 0 Å². The van der Waals surface area contributed by atoms with Crippen LogP contribution in [0.2, 0.25) is 0 Å². The second kappa shape index (κ2) is 9.01. The minimum absolute atomic E-state index is 0. The molecule has 2 saturated heterocycles. The molecule has 1 unspecified atom stereocenters. The van der Waals surface area contributed by atoms with Crippen molar-refractivity contribution in [3.8, 4) is 0 Å². The van der Waals surface area contributed by atoms with Crippen molar-refractivity contribution in [1.82, 2.24) is 19.8 Å². The monoisotopic (exact) mass is 416 g/mol. The molecule has 2 amide bonds. The van der Waals surface area contributed by atoms with Crippen molar-refractivity contribution in [2.24, 2.45) is 0 Å². The van der Waals surface area contributed by atoms with Gasteiger partial charge in [-0.3, -0.25) is 9.59 Å². The summed E-state index contributed by atoms with van der Waals surface area (Å²) >= 11 is 0. The minimum atomic E-state index is -3.81. The van der Waals surface area contributed by atoms with E-state index in [0.29, 0.717) is 18.7 Å². The van der Waals surface area contributed by atoms with Crippen molar-refractivity contribution in [1.29, 1.82) is 0 Å². The Hall–Kier alpha value is -1.68. The Morgan fingerprint density at radius 1 is 1.30 bits per heavy atom. The summed E-state index contributed by atoms with van der Waals surface area (Å²) in [6.07, 6.45) is 1.93. The predicted molar refractivity (Wildman–Crippen MR) is 103 cm³/mol. The third-order valence-electron chi connectivity index (χ3n) is 4.84. The van der Waals surface area contributed by atoms with Crippen LogP contribution in [0.25, 0.3) is 0 Å². The number of likely N-dealkylation sites (N-methyl/N-ethyl adjacent to an activating group) is 1. The van der Waals surface area contributed by atoms with Crippen molar-refractivity contribution in [3.05, 3.63) is 29.8 Å². The van der Waals surface area contributed by atoms with Crippen LogP contribution in [0.5, 0.6) is 0 Å². The lowest BCUT2D eigenvalue weighted by molar-refractivity contribution is -0.122. The molecule has 150 valence electrons. The number of rotatable bonds is 4. The molecular weight excluding hydrogens is 392 g/mol. The number of amides is 2. The van der Waals surface area contributed by atoms with Crippen LogP contribution in [0.15, 0.2) is 29.2 Å². The number of nitrogens with zero attached hydrogens (tertiary/aromatic N) is 2. The van der Waals surface area contributed by atoms with Gasteiger partial charge in [0.2, 0.25) is 15.9 Å². The Balaban J connectivity index is 0.00000261. The molecule has 10 heteroatoms. The van der Waals surface area contributed by atoms with Crippen LogP contribution in [0.3, 0.4) is 0 Å². The number of carbonyl (C=O) groups is 2. The van der Waals surface area contributed by atoms with E-state index in [4.69, 9.17) is 0 Å². The summed E-state index contributed by atoms with van der Waals surface area (Å²) in [5.41, 5.74) is 0.351. The van der Waals surface area contributed by atoms with Crippen LogP contribution in [-0.4, -0.2) is 75.3 Å². The second-order valence-electron chi connectivity index (χ2n) is 6.60. The van der Waals surface area contributed by atoms with Crippen molar-refractivity contribution in [2.45, 2.75) is 23.8 Å². The molecule has 2 aliphatic rings. The molecule has 1 aromatic rings. The van der Waals surface area contributed by atoms with E-state index in [0.717, 1.165) is 17.1 Å². The molecule has 0 saturated carbocycles. The summed E-state index contributed by atoms with van der Waals surface area (Å²) in [5.74, 6) is -0.489. The molecule has 0 radical (unpaired) electrons. The smallest absolute Gasteiger partial charge is 0.253 e. The van der Waals surface area contributed by atoms with Crippen molar-refractivity contribution in [2.75, 3.05) is 39.8 Å². The number of halogens is 1. The normalized spacial score (nSPS) is 21.3. The van der Waals surface area contributed by atoms with Crippen molar-refractivity contribution >= 4 is 34.2 Å². The largest absolute Gasteiger partial charge is 0.354 e. The standard InChI is InChI=1S/C17H24N4O4S.ClH/c1-18-14-5-3-8-20(11-14)17(23)13-4-2-6-15(10-13)26(24,25)21-9-7-19-16(22)12-21;/h2,4,6,10,14,18H,3,5,7-9,11-12H2,1H3,(H,19,22);1H. The number of hydrogen-bond donors (Lipinski definition) is 2. The first-order valence-corrected chi connectivity index (χ1v) is 10.2. The van der Waals surface area contributed by atoms with Gasteiger partial charge in [-0.15, -0.1) is 12.4 Å². The SMILES string of the molecule is CNC1CCCN(C(=O)c2cccc(S(=O)(=O)N3CCNC(=O)C3)c2)C1.Cl. The molecule has 1 aromatic carbocycles. The molecular formula is C17H25ClN4O4S. The van der Waals surface area contributed by atoms with E-state index in [1.54, 1.807) is 17.0 Å². The van der Waals surface area contributed by atoms with Crippen molar-refractivity contribution < 1.29 is 18.0 Å². The van der Waals surface area contributed by atoms with E-state index in [1.165, 1.54) is 12.1 Å². The lowest BCUT2D eigenvalue weighted by atomic mass is 10.0. The van der Waals surface area contributed by atoms with Gasteiger partial charge in [0.15, 0.2) is 0 Å². The quantitative estimate of drug-likeness (QED) is 0.722. The summed E-state index contributed by atoms with van der Waals surface area (Å²) in [6.45, 7) is 1.59. The Morgan fingerprint density at radius 2 is 2.07 bits per heavy atom. The van der Waals surface area contributed by atoms with Crippen LogP contribution < -0.4 is 10.6 Å². The van der Waals surface area contributed by atoms with Gasteiger partial charge in [-0.05, 0) is 38.1 Å². The first-order valence-electron chi connectivity index (χ1n) is 8.75. The Bertz CT molecular complexity index is 802. The average Bonchev–Trinajstić information content (AvgIpc) is 2.67. The molecule has 3 rings (SSSR count). The fourth-order valence-corrected chi connectivity index (χ4v) is 4.78. The van der Waals surface area contributed by atoms with Gasteiger partial charge in [0, 0.05) is 37.8 Å². The summed E-state index contributed by atoms with van der Waals surface area (Å²) in [4.78, 5) is 26.1. The van der Waals surface area contributed by atoms with Gasteiger partial charge in [0.1, 0.15) is 0 Å². The predicted octanol–water partition coefficient (Wildman–Crippen LogP) is 0.0529. The van der Waals surface area contributed by atoms with Gasteiger partial charge in [0.25, 0.3) is 5.91 Å². The van der Waals surface area contributed by atoms with Gasteiger partial charge in [-0.25, -0.2) is 8.42 Å². The first kappa shape index (κ1) is 21.6. The number of piperidine rings is 1. The van der Waals surface area contributed by atoms with Gasteiger partial charge >= 0.3 is 0 Å². The summed E-state index contributed by atoms with van der Waals surface area (Å²) in [5, 5.41) is 5.79. The number of piperazine rings is 1. The second-order valence-corrected chi connectivity index (χ2v) is 8.53. The molecule has 2 fully saturated rings. The highest BCUT2D eigenvalue weighted by Crippen LogP contribution is 2.20. The molecule has 2 N–H and O–H groups in total. The fraction of sp³-hybridized carbons (Fsp3) is 0.529. The third-order valence-corrected chi connectivity index (χ3v) is 6.68. The number of hydrogen-bond acceptors (Lipinski definition) is 5. The zero-order valence-corrected chi connectivity index (χ0v) is 16.8. The first-order chi connectivity index (χ1) is 12.4. The lowest BCUT2D eigenvalue weighted by Gasteiger charge is -2.32. The van der Waals surface area contributed by atoms with Crippen LogP contribution in [0.1, 0.15) is 23.2 Å². The van der Waals surface area contributed by atoms with E-state index in [-0.39, 0.29) is 54.8 Å². The van der Waals surface area contributed by atoms with Crippen LogP contribution in [0.4, 0.5) is 0 Å². The van der Waals surface area contributed by atoms with Crippen molar-refractivity contribution in [3.63, 3.8) is 0 Å². The van der Waals surface area contributed by atoms with E-state index >= 15 is 0 Å². The summed E-state index contributed by atoms with van der Waals surface area (Å²) in [6, 6.07) is 6.33. The topological polar surface area (TPSA) is 98.8 Å². The number of sulfonamides is 1. The van der Waals surface area contributed by atoms with Crippen LogP contribution >= 0.6 is 12.4 Å². The van der Waals surface area contributed by atoms with E-state index in [2.05, 4.69) is 10.6 Å². The maximum atomic E-state index is 12.8. The summed E-state index contributed by atoms with van der Waals surface area (Å²) in [7, 11) is -1.93. The number of benzene rings is 1. The minimum Gasteiger partial charge on any atom is -0.354 e. The highest BCUT2D eigenvalue weighted by molar-refractivity contribution is 7.89. The molecule has 2 aliphatic heterocycles. The molecule has 8 nitrogen and oxygen atoms in total. The summed E-state index contributed by atoms with van der Waals surface area (Å²) < 4.78 is 26.7. The van der Waals surface area contributed by atoms with Gasteiger partial charge in [-0.1, -0.05) is 6.07 Å². The molecule has 0 aliphatic carbocycles. The van der Waals surface area contributed by atoms with E-state index in [1.807, 2.05) is 7.05 Å². The van der Waals surface area contributed by atoms with E-state index in [9.17, 15) is 18.0 Å². The maximum Gasteiger partial charge on any atom is 0.253 e. The van der Waals surface area contributed by atoms with E-state index < -0.39 is 10.0 Å². The highest BCUT2D eigenvalue weighted by atomic mass is 35.5. The zero-order chi connectivity index (χ0) is 18.7. The highest BCUT2D eigenvalue weighted by Gasteiger charge is 2.30. The van der Waals surface area contributed by atoms with Gasteiger partial charge in [-0.2, -0.15) is 4.31 Å². The average molecular weight is 417 g/mol. The number of nitrogens with one attached hydrogen (secondary N) is 2. The Kier molecular flexibility index (Phi) is 7.21. The third kappa shape index (κ3) is 4.78. The number of likely N-dealkylation sites (tertiary alicyclic amines) is 1. The molecule has 0 spiro atoms. The Morgan fingerprint density at radius 3 is 2.78 bits per heavy atom. The maximum absolute atomic E-state index is 12.8. The zero-order valence-electron chi connectivity index (χ0n) is 15.2. The molecule has 0 bridgehead atoms. The Labute approximate surface area is 165 Å². The lowest BCUT2D eigenvalue weighted by Crippen LogP contribution is -2.49. The molecule has 0 aromatic heterocycles. The van der Waals surface area contributed by atoms with Gasteiger partial charge < -0.3 is 15.5 Å². The molecule has 1 atom stereocenters. The van der Waals surface area contributed by atoms with Gasteiger partial charge in [0.05, 0.1) is 11.4 Å². The molecule has 27 heavy (non-hydrogen) atoms. The van der Waals surface area contributed by atoms with Crippen LogP contribution in [-0.2, 0) is 14.8 Å². The fourth-order valence-electron chi connectivity index (χ4n) is 3.34.